The molecule has 0 aromatic heterocycles. The molecule has 3 nitrogen and oxygen atoms in total. The molecular weight excluding hydrogens is 284 g/mol. The summed E-state index contributed by atoms with van der Waals surface area (Å²) in [6.45, 7) is 6.13. The van der Waals surface area contributed by atoms with Gasteiger partial charge < -0.3 is 14.5 Å². The van der Waals surface area contributed by atoms with Gasteiger partial charge in [-0.15, -0.1) is 12.4 Å². The molecule has 2 heterocycles. The van der Waals surface area contributed by atoms with Crippen LogP contribution in [0.15, 0.2) is 18.2 Å². The van der Waals surface area contributed by atoms with E-state index in [4.69, 9.17) is 4.74 Å². The molecule has 0 bridgehead atoms. The van der Waals surface area contributed by atoms with Gasteiger partial charge in [0.25, 0.3) is 0 Å². The Labute approximate surface area is 134 Å². The summed E-state index contributed by atoms with van der Waals surface area (Å²) in [4.78, 5) is 5.17. The second kappa shape index (κ2) is 7.90. The Kier molecular flexibility index (Phi) is 6.19. The van der Waals surface area contributed by atoms with Crippen molar-refractivity contribution in [3.05, 3.63) is 23.8 Å². The Morgan fingerprint density at radius 1 is 1.00 bits per heavy atom. The molecule has 1 aromatic rings. The highest BCUT2D eigenvalue weighted by molar-refractivity contribution is 5.85. The molecule has 2 aliphatic heterocycles. The standard InChI is InChI=1S/C17H26N2O.ClH/c1-20-16-8-7-15-6-5-11-19(17(15)14-16)13-12-18-9-3-2-4-10-18;/h7-8,14H,2-6,9-13H2,1H3;1H. The highest BCUT2D eigenvalue weighted by atomic mass is 35.5. The topological polar surface area (TPSA) is 15.7 Å². The Hall–Kier alpha value is -0.930. The number of methoxy groups -OCH3 is 1. The normalized spacial score (nSPS) is 18.8. The van der Waals surface area contributed by atoms with Crippen molar-refractivity contribution in [3.8, 4) is 5.75 Å². The molecule has 3 rings (SSSR count). The van der Waals surface area contributed by atoms with Gasteiger partial charge in [-0.1, -0.05) is 12.5 Å². The number of nitrogens with zero attached hydrogens (tertiary/aromatic N) is 2. The molecule has 1 fully saturated rings. The fraction of sp³-hybridized carbons (Fsp3) is 0.647. The van der Waals surface area contributed by atoms with E-state index in [1.165, 1.54) is 69.5 Å². The SMILES string of the molecule is COc1ccc2c(c1)N(CCN1CCCCC1)CCC2.Cl. The Morgan fingerprint density at radius 2 is 1.81 bits per heavy atom. The van der Waals surface area contributed by atoms with Crippen LogP contribution in [-0.2, 0) is 6.42 Å². The van der Waals surface area contributed by atoms with Crippen molar-refractivity contribution < 1.29 is 4.74 Å². The van der Waals surface area contributed by atoms with Gasteiger partial charge >= 0.3 is 0 Å². The van der Waals surface area contributed by atoms with Crippen molar-refractivity contribution in [1.29, 1.82) is 0 Å². The number of benzene rings is 1. The Morgan fingerprint density at radius 3 is 2.57 bits per heavy atom. The van der Waals surface area contributed by atoms with Gasteiger partial charge in [-0.25, -0.2) is 0 Å². The maximum absolute atomic E-state index is 5.39. The van der Waals surface area contributed by atoms with Crippen LogP contribution in [0, 0.1) is 0 Å². The summed E-state index contributed by atoms with van der Waals surface area (Å²) in [5.74, 6) is 0.980. The minimum Gasteiger partial charge on any atom is -0.497 e. The number of anilines is 1. The van der Waals surface area contributed by atoms with E-state index >= 15 is 0 Å². The van der Waals surface area contributed by atoms with E-state index in [1.54, 1.807) is 7.11 Å². The van der Waals surface area contributed by atoms with Crippen LogP contribution >= 0.6 is 12.4 Å². The first-order valence-corrected chi connectivity index (χ1v) is 8.01. The number of aryl methyl sites for hydroxylation is 1. The van der Waals surface area contributed by atoms with Crippen LogP contribution in [0.5, 0.6) is 5.75 Å². The average Bonchev–Trinajstić information content (AvgIpc) is 2.53. The van der Waals surface area contributed by atoms with Crippen LogP contribution in [-0.4, -0.2) is 44.7 Å². The number of likely N-dealkylation sites (tertiary alicyclic amines) is 1. The number of fused-ring (bicyclic) bond motifs is 1. The summed E-state index contributed by atoms with van der Waals surface area (Å²) in [6.07, 6.45) is 6.66. The number of hydrogen-bond acceptors (Lipinski definition) is 3. The highest BCUT2D eigenvalue weighted by Crippen LogP contribution is 2.30. The van der Waals surface area contributed by atoms with E-state index in [0.717, 1.165) is 12.3 Å². The molecule has 4 heteroatoms. The summed E-state index contributed by atoms with van der Waals surface area (Å²) in [7, 11) is 1.75. The molecule has 0 radical (unpaired) electrons. The first-order chi connectivity index (χ1) is 9.86. The van der Waals surface area contributed by atoms with Crippen molar-refractivity contribution in [2.45, 2.75) is 32.1 Å². The largest absolute Gasteiger partial charge is 0.497 e. The number of rotatable bonds is 4. The van der Waals surface area contributed by atoms with Gasteiger partial charge in [0.1, 0.15) is 5.75 Å². The number of hydrogen-bond donors (Lipinski definition) is 0. The molecule has 0 atom stereocenters. The van der Waals surface area contributed by atoms with E-state index in [1.807, 2.05) is 0 Å². The van der Waals surface area contributed by atoms with Crippen molar-refractivity contribution >= 4 is 18.1 Å². The van der Waals surface area contributed by atoms with Crippen LogP contribution in [0.3, 0.4) is 0 Å². The van der Waals surface area contributed by atoms with Crippen molar-refractivity contribution in [2.24, 2.45) is 0 Å². The number of halogens is 1. The fourth-order valence-corrected chi connectivity index (χ4v) is 3.43. The van der Waals surface area contributed by atoms with Crippen LogP contribution in [0.2, 0.25) is 0 Å². The molecule has 118 valence electrons. The second-order valence-electron chi connectivity index (χ2n) is 5.99. The summed E-state index contributed by atoms with van der Waals surface area (Å²) >= 11 is 0. The van der Waals surface area contributed by atoms with Gasteiger partial charge in [-0.3, -0.25) is 0 Å². The van der Waals surface area contributed by atoms with E-state index < -0.39 is 0 Å². The van der Waals surface area contributed by atoms with Crippen molar-refractivity contribution in [3.63, 3.8) is 0 Å². The zero-order valence-electron chi connectivity index (χ0n) is 13.0. The Balaban J connectivity index is 0.00000161. The number of piperidine rings is 1. The zero-order chi connectivity index (χ0) is 13.8. The van der Waals surface area contributed by atoms with Gasteiger partial charge in [-0.05, 0) is 50.4 Å². The Bertz CT molecular complexity index is 446. The lowest BCUT2D eigenvalue weighted by molar-refractivity contribution is 0.233. The van der Waals surface area contributed by atoms with Crippen LogP contribution in [0.25, 0.3) is 0 Å². The average molecular weight is 311 g/mol. The van der Waals surface area contributed by atoms with Crippen molar-refractivity contribution in [1.82, 2.24) is 4.90 Å². The molecule has 0 saturated carbocycles. The first-order valence-electron chi connectivity index (χ1n) is 8.01. The third kappa shape index (κ3) is 4.04. The molecule has 0 N–H and O–H groups in total. The second-order valence-corrected chi connectivity index (χ2v) is 5.99. The molecular formula is C17H27ClN2O. The summed E-state index contributed by atoms with van der Waals surface area (Å²) in [5.41, 5.74) is 2.88. The van der Waals surface area contributed by atoms with Gasteiger partial charge in [0.05, 0.1) is 7.11 Å². The smallest absolute Gasteiger partial charge is 0.120 e. The molecule has 21 heavy (non-hydrogen) atoms. The van der Waals surface area contributed by atoms with Gasteiger partial charge in [-0.2, -0.15) is 0 Å². The number of ether oxygens (including phenoxy) is 1. The van der Waals surface area contributed by atoms with E-state index in [0.29, 0.717) is 0 Å². The summed E-state index contributed by atoms with van der Waals surface area (Å²) in [5, 5.41) is 0. The molecule has 2 aliphatic rings. The molecule has 1 saturated heterocycles. The minimum absolute atomic E-state index is 0. The fourth-order valence-electron chi connectivity index (χ4n) is 3.43. The van der Waals surface area contributed by atoms with Gasteiger partial charge in [0.15, 0.2) is 0 Å². The molecule has 0 aliphatic carbocycles. The third-order valence-corrected chi connectivity index (χ3v) is 4.64. The monoisotopic (exact) mass is 310 g/mol. The lowest BCUT2D eigenvalue weighted by atomic mass is 10.0. The lowest BCUT2D eigenvalue weighted by Gasteiger charge is -2.34. The summed E-state index contributed by atoms with van der Waals surface area (Å²) in [6, 6.07) is 6.54. The molecule has 1 aromatic carbocycles. The first kappa shape index (κ1) is 16.4. The predicted molar refractivity (Wildman–Crippen MR) is 91.1 cm³/mol. The van der Waals surface area contributed by atoms with Crippen LogP contribution < -0.4 is 9.64 Å². The van der Waals surface area contributed by atoms with E-state index in [-0.39, 0.29) is 12.4 Å². The zero-order valence-corrected chi connectivity index (χ0v) is 13.8. The third-order valence-electron chi connectivity index (χ3n) is 4.64. The maximum atomic E-state index is 5.39. The van der Waals surface area contributed by atoms with E-state index in [9.17, 15) is 0 Å². The van der Waals surface area contributed by atoms with E-state index in [2.05, 4.69) is 28.0 Å². The highest BCUT2D eigenvalue weighted by Gasteiger charge is 2.18. The molecule has 0 spiro atoms. The minimum atomic E-state index is 0. The lowest BCUT2D eigenvalue weighted by Crippen LogP contribution is -2.39. The summed E-state index contributed by atoms with van der Waals surface area (Å²) < 4.78 is 5.39. The maximum Gasteiger partial charge on any atom is 0.120 e. The van der Waals surface area contributed by atoms with Crippen molar-refractivity contribution in [2.75, 3.05) is 44.7 Å². The van der Waals surface area contributed by atoms with Crippen LogP contribution in [0.4, 0.5) is 5.69 Å². The van der Waals surface area contributed by atoms with Crippen LogP contribution in [0.1, 0.15) is 31.2 Å². The molecule has 0 unspecified atom stereocenters. The van der Waals surface area contributed by atoms with Gasteiger partial charge in [0, 0.05) is 31.4 Å². The molecule has 0 amide bonds. The predicted octanol–water partition coefficient (Wildman–Crippen LogP) is 3.36. The quantitative estimate of drug-likeness (QED) is 0.848. The van der Waals surface area contributed by atoms with Gasteiger partial charge in [0.2, 0.25) is 0 Å².